The van der Waals surface area contributed by atoms with E-state index in [2.05, 4.69) is 10.6 Å². The van der Waals surface area contributed by atoms with Crippen LogP contribution in [0.15, 0.2) is 30.3 Å². The summed E-state index contributed by atoms with van der Waals surface area (Å²) in [5.41, 5.74) is 0.537. The summed E-state index contributed by atoms with van der Waals surface area (Å²) in [7, 11) is 0. The highest BCUT2D eigenvalue weighted by Crippen LogP contribution is 2.13. The normalized spacial score (nSPS) is 10.2. The van der Waals surface area contributed by atoms with Gasteiger partial charge >= 0.3 is 0 Å². The summed E-state index contributed by atoms with van der Waals surface area (Å²) in [6.45, 7) is 2.06. The van der Waals surface area contributed by atoms with Gasteiger partial charge in [-0.1, -0.05) is 12.1 Å². The van der Waals surface area contributed by atoms with Crippen LogP contribution in [0.25, 0.3) is 6.08 Å². The molecule has 0 heterocycles. The van der Waals surface area contributed by atoms with Crippen LogP contribution in [-0.2, 0) is 9.59 Å². The lowest BCUT2D eigenvalue weighted by atomic mass is 10.2. The number of hydrogen-bond donors (Lipinski definition) is 2. The molecule has 1 aromatic carbocycles. The van der Waals surface area contributed by atoms with Crippen molar-refractivity contribution in [1.29, 1.82) is 0 Å². The third-order valence-electron chi connectivity index (χ3n) is 2.31. The van der Waals surface area contributed by atoms with Gasteiger partial charge in [-0.05, 0) is 11.6 Å². The van der Waals surface area contributed by atoms with Gasteiger partial charge in [0.15, 0.2) is 0 Å². The molecule has 7 nitrogen and oxygen atoms in total. The standard InChI is InChI=1S/C13H15N3O4/c1-10(17)14-7-8-15-13(18)6-5-11-3-2-4-12(9-11)16(19)20/h2-6,9H,7-8H2,1H3,(H,14,17)(H,15,18)/b6-5+. The Kier molecular flexibility index (Phi) is 5.89. The van der Waals surface area contributed by atoms with Crippen LogP contribution in [0.2, 0.25) is 0 Å². The minimum atomic E-state index is -0.495. The van der Waals surface area contributed by atoms with E-state index in [0.29, 0.717) is 18.7 Å². The van der Waals surface area contributed by atoms with E-state index in [1.165, 1.54) is 31.2 Å². The zero-order valence-electron chi connectivity index (χ0n) is 11.0. The van der Waals surface area contributed by atoms with E-state index in [1.54, 1.807) is 12.1 Å². The Balaban J connectivity index is 2.46. The largest absolute Gasteiger partial charge is 0.355 e. The number of amides is 2. The molecule has 0 aliphatic carbocycles. The summed E-state index contributed by atoms with van der Waals surface area (Å²) in [5, 5.41) is 15.7. The molecule has 0 aliphatic heterocycles. The SMILES string of the molecule is CC(=O)NCCNC(=O)/C=C/c1cccc([N+](=O)[O-])c1. The topological polar surface area (TPSA) is 101 Å². The first kappa shape index (κ1) is 15.4. The van der Waals surface area contributed by atoms with Crippen LogP contribution in [0.5, 0.6) is 0 Å². The molecule has 1 rings (SSSR count). The monoisotopic (exact) mass is 277 g/mol. The van der Waals surface area contributed by atoms with Gasteiger partial charge < -0.3 is 10.6 Å². The van der Waals surface area contributed by atoms with Crippen molar-refractivity contribution < 1.29 is 14.5 Å². The fourth-order valence-corrected chi connectivity index (χ4v) is 1.40. The van der Waals surface area contributed by atoms with Gasteiger partial charge in [0, 0.05) is 38.2 Å². The number of nitrogens with one attached hydrogen (secondary N) is 2. The van der Waals surface area contributed by atoms with E-state index in [0.717, 1.165) is 0 Å². The molecular weight excluding hydrogens is 262 g/mol. The van der Waals surface area contributed by atoms with Gasteiger partial charge in [-0.15, -0.1) is 0 Å². The maximum absolute atomic E-state index is 11.4. The Morgan fingerprint density at radius 2 is 2.00 bits per heavy atom. The number of rotatable bonds is 6. The van der Waals surface area contributed by atoms with E-state index in [-0.39, 0.29) is 17.5 Å². The Labute approximate surface area is 115 Å². The van der Waals surface area contributed by atoms with E-state index >= 15 is 0 Å². The van der Waals surface area contributed by atoms with Crippen LogP contribution in [0.3, 0.4) is 0 Å². The van der Waals surface area contributed by atoms with Crippen LogP contribution in [0.4, 0.5) is 5.69 Å². The fourth-order valence-electron chi connectivity index (χ4n) is 1.40. The van der Waals surface area contributed by atoms with Crippen molar-refractivity contribution in [3.05, 3.63) is 46.0 Å². The van der Waals surface area contributed by atoms with Crippen molar-refractivity contribution >= 4 is 23.6 Å². The molecule has 0 bridgehead atoms. The molecule has 0 saturated heterocycles. The molecule has 0 saturated carbocycles. The summed E-state index contributed by atoms with van der Waals surface area (Å²) in [4.78, 5) is 32.1. The minimum Gasteiger partial charge on any atom is -0.355 e. The number of hydrogen-bond acceptors (Lipinski definition) is 4. The molecule has 7 heteroatoms. The quantitative estimate of drug-likeness (QED) is 0.348. The molecule has 0 aromatic heterocycles. The second kappa shape index (κ2) is 7.67. The Bertz CT molecular complexity index is 540. The van der Waals surface area contributed by atoms with Crippen LogP contribution in [0.1, 0.15) is 12.5 Å². The summed E-state index contributed by atoms with van der Waals surface area (Å²) < 4.78 is 0. The maximum atomic E-state index is 11.4. The molecule has 0 fully saturated rings. The maximum Gasteiger partial charge on any atom is 0.270 e. The van der Waals surface area contributed by atoms with Crippen molar-refractivity contribution in [3.8, 4) is 0 Å². The number of nitrogens with zero attached hydrogens (tertiary/aromatic N) is 1. The molecule has 1 aromatic rings. The van der Waals surface area contributed by atoms with Crippen LogP contribution < -0.4 is 10.6 Å². The number of benzene rings is 1. The smallest absolute Gasteiger partial charge is 0.270 e. The summed E-state index contributed by atoms with van der Waals surface area (Å²) in [6.07, 6.45) is 2.77. The number of nitro benzene ring substituents is 1. The molecule has 20 heavy (non-hydrogen) atoms. The Morgan fingerprint density at radius 1 is 1.30 bits per heavy atom. The van der Waals surface area contributed by atoms with Crippen molar-refractivity contribution in [2.75, 3.05) is 13.1 Å². The van der Waals surface area contributed by atoms with Gasteiger partial charge in [0.2, 0.25) is 11.8 Å². The van der Waals surface area contributed by atoms with Gasteiger partial charge in [0.1, 0.15) is 0 Å². The third-order valence-corrected chi connectivity index (χ3v) is 2.31. The van der Waals surface area contributed by atoms with Crippen LogP contribution in [-0.4, -0.2) is 29.8 Å². The minimum absolute atomic E-state index is 0.0294. The van der Waals surface area contributed by atoms with Crippen molar-refractivity contribution in [1.82, 2.24) is 10.6 Å². The van der Waals surface area contributed by atoms with Gasteiger partial charge in [-0.25, -0.2) is 0 Å². The van der Waals surface area contributed by atoms with Crippen molar-refractivity contribution in [2.45, 2.75) is 6.92 Å². The number of non-ortho nitro benzene ring substituents is 1. The van der Waals surface area contributed by atoms with Crippen molar-refractivity contribution in [2.24, 2.45) is 0 Å². The Hall–Kier alpha value is -2.70. The highest BCUT2D eigenvalue weighted by molar-refractivity contribution is 5.91. The van der Waals surface area contributed by atoms with E-state index in [1.807, 2.05) is 0 Å². The lowest BCUT2D eigenvalue weighted by Gasteiger charge is -2.02. The second-order valence-electron chi connectivity index (χ2n) is 3.96. The number of nitro groups is 1. The Morgan fingerprint density at radius 3 is 2.65 bits per heavy atom. The molecule has 0 aliphatic rings. The first-order valence-electron chi connectivity index (χ1n) is 5.94. The molecule has 0 unspecified atom stereocenters. The predicted octanol–water partition coefficient (Wildman–Crippen LogP) is 0.860. The molecule has 2 amide bonds. The average molecular weight is 277 g/mol. The number of carbonyl (C=O) groups excluding carboxylic acids is 2. The zero-order valence-corrected chi connectivity index (χ0v) is 11.0. The van der Waals surface area contributed by atoms with Crippen molar-refractivity contribution in [3.63, 3.8) is 0 Å². The van der Waals surface area contributed by atoms with E-state index in [4.69, 9.17) is 0 Å². The predicted molar refractivity (Wildman–Crippen MR) is 73.8 cm³/mol. The number of carbonyl (C=O) groups is 2. The fraction of sp³-hybridized carbons (Fsp3) is 0.231. The van der Waals surface area contributed by atoms with E-state index < -0.39 is 4.92 Å². The molecule has 2 N–H and O–H groups in total. The molecular formula is C13H15N3O4. The lowest BCUT2D eigenvalue weighted by Crippen LogP contribution is -2.32. The first-order chi connectivity index (χ1) is 9.49. The summed E-state index contributed by atoms with van der Waals surface area (Å²) in [5.74, 6) is -0.492. The van der Waals surface area contributed by atoms with Crippen LogP contribution >= 0.6 is 0 Å². The summed E-state index contributed by atoms with van der Waals surface area (Å²) >= 11 is 0. The average Bonchev–Trinajstić information content (AvgIpc) is 2.41. The molecule has 0 radical (unpaired) electrons. The van der Waals surface area contributed by atoms with E-state index in [9.17, 15) is 19.7 Å². The zero-order chi connectivity index (χ0) is 15.0. The lowest BCUT2D eigenvalue weighted by molar-refractivity contribution is -0.384. The van der Waals surface area contributed by atoms with Gasteiger partial charge in [0.05, 0.1) is 4.92 Å². The van der Waals surface area contributed by atoms with Gasteiger partial charge in [0.25, 0.3) is 5.69 Å². The summed E-state index contributed by atoms with van der Waals surface area (Å²) in [6, 6.07) is 5.96. The molecule has 0 atom stereocenters. The second-order valence-corrected chi connectivity index (χ2v) is 3.96. The molecule has 106 valence electrons. The molecule has 0 spiro atoms. The highest BCUT2D eigenvalue weighted by atomic mass is 16.6. The highest BCUT2D eigenvalue weighted by Gasteiger charge is 2.04. The van der Waals surface area contributed by atoms with Gasteiger partial charge in [-0.3, -0.25) is 19.7 Å². The first-order valence-corrected chi connectivity index (χ1v) is 5.94. The van der Waals surface area contributed by atoms with Gasteiger partial charge in [-0.2, -0.15) is 0 Å². The third kappa shape index (κ3) is 5.76. The van der Waals surface area contributed by atoms with Crippen LogP contribution in [0, 0.1) is 10.1 Å².